The lowest BCUT2D eigenvalue weighted by molar-refractivity contribution is -0.105. The molecular formula is C6H10OS. The Hall–Kier alpha value is -0.240. The van der Waals surface area contributed by atoms with Crippen LogP contribution in [0.25, 0.3) is 0 Å². The van der Waals surface area contributed by atoms with Gasteiger partial charge in [-0.3, -0.25) is 0 Å². The van der Waals surface area contributed by atoms with Crippen LogP contribution in [0.3, 0.4) is 0 Å². The summed E-state index contributed by atoms with van der Waals surface area (Å²) >= 11 is 1.62. The number of rotatable bonds is 4. The van der Waals surface area contributed by atoms with E-state index in [1.54, 1.807) is 11.8 Å². The topological polar surface area (TPSA) is 17.1 Å². The van der Waals surface area contributed by atoms with Gasteiger partial charge in [0.2, 0.25) is 0 Å². The first-order valence-corrected chi connectivity index (χ1v) is 3.69. The lowest BCUT2D eigenvalue weighted by atomic mass is 10.6. The van der Waals surface area contributed by atoms with Gasteiger partial charge in [0.1, 0.15) is 6.29 Å². The van der Waals surface area contributed by atoms with Crippen molar-refractivity contribution in [2.45, 2.75) is 6.92 Å². The standard InChI is InChI=1S/C6H10OS/c1-2-3-5-8-6-4-7/h2-4H,5-6H2,1H3/b3-2+. The predicted octanol–water partition coefficient (Wildman–Crippen LogP) is 1.49. The second-order valence-electron chi connectivity index (χ2n) is 1.27. The van der Waals surface area contributed by atoms with Crippen LogP contribution < -0.4 is 0 Å². The summed E-state index contributed by atoms with van der Waals surface area (Å²) in [7, 11) is 0. The van der Waals surface area contributed by atoms with Gasteiger partial charge in [-0.2, -0.15) is 11.8 Å². The summed E-state index contributed by atoms with van der Waals surface area (Å²) in [5.41, 5.74) is 0. The Labute approximate surface area is 54.2 Å². The molecule has 1 nitrogen and oxygen atoms in total. The van der Waals surface area contributed by atoms with Gasteiger partial charge < -0.3 is 4.79 Å². The molecule has 0 fully saturated rings. The Morgan fingerprint density at radius 3 is 2.75 bits per heavy atom. The first-order valence-electron chi connectivity index (χ1n) is 2.54. The summed E-state index contributed by atoms with van der Waals surface area (Å²) in [6.45, 7) is 1.97. The third-order valence-electron chi connectivity index (χ3n) is 0.636. The fraction of sp³-hybridized carbons (Fsp3) is 0.500. The van der Waals surface area contributed by atoms with Crippen LogP contribution in [-0.4, -0.2) is 17.8 Å². The minimum Gasteiger partial charge on any atom is -0.302 e. The molecule has 0 saturated carbocycles. The molecule has 0 aliphatic carbocycles. The largest absolute Gasteiger partial charge is 0.302 e. The van der Waals surface area contributed by atoms with Crippen LogP contribution in [0.4, 0.5) is 0 Å². The molecular weight excluding hydrogens is 120 g/mol. The summed E-state index contributed by atoms with van der Waals surface area (Å²) in [4.78, 5) is 9.72. The van der Waals surface area contributed by atoms with Crippen LogP contribution >= 0.6 is 11.8 Å². The lowest BCUT2D eigenvalue weighted by Gasteiger charge is -1.84. The third-order valence-corrected chi connectivity index (χ3v) is 1.44. The number of carbonyl (C=O) groups excluding carboxylic acids is 1. The number of carbonyl (C=O) groups is 1. The SMILES string of the molecule is C/C=C/CSCC=O. The first kappa shape index (κ1) is 7.76. The Morgan fingerprint density at radius 1 is 1.50 bits per heavy atom. The van der Waals surface area contributed by atoms with Gasteiger partial charge in [-0.1, -0.05) is 12.2 Å². The maximum atomic E-state index is 9.72. The normalized spacial score (nSPS) is 10.1. The van der Waals surface area contributed by atoms with Crippen LogP contribution in [0.1, 0.15) is 6.92 Å². The van der Waals surface area contributed by atoms with Gasteiger partial charge in [-0.05, 0) is 6.92 Å². The third kappa shape index (κ3) is 5.76. The van der Waals surface area contributed by atoms with Crippen LogP contribution in [0, 0.1) is 0 Å². The van der Waals surface area contributed by atoms with Crippen LogP contribution in [0.15, 0.2) is 12.2 Å². The minimum absolute atomic E-state index is 0.615. The zero-order valence-electron chi connectivity index (χ0n) is 4.96. The summed E-state index contributed by atoms with van der Waals surface area (Å²) < 4.78 is 0. The van der Waals surface area contributed by atoms with Crippen molar-refractivity contribution in [1.82, 2.24) is 0 Å². The monoisotopic (exact) mass is 130 g/mol. The number of thioether (sulfide) groups is 1. The van der Waals surface area contributed by atoms with Gasteiger partial charge >= 0.3 is 0 Å². The Kier molecular flexibility index (Phi) is 6.56. The van der Waals surface area contributed by atoms with Gasteiger partial charge in [-0.15, -0.1) is 0 Å². The van der Waals surface area contributed by atoms with Crippen molar-refractivity contribution in [3.05, 3.63) is 12.2 Å². The highest BCUT2D eigenvalue weighted by Crippen LogP contribution is 1.95. The lowest BCUT2D eigenvalue weighted by Crippen LogP contribution is -1.78. The number of allylic oxidation sites excluding steroid dienone is 1. The molecule has 0 saturated heterocycles. The highest BCUT2D eigenvalue weighted by Gasteiger charge is 1.77. The molecule has 8 heavy (non-hydrogen) atoms. The minimum atomic E-state index is 0.615. The molecule has 0 aliphatic heterocycles. The molecule has 0 amide bonds. The molecule has 0 N–H and O–H groups in total. The van der Waals surface area contributed by atoms with E-state index in [-0.39, 0.29) is 0 Å². The number of hydrogen-bond acceptors (Lipinski definition) is 2. The molecule has 0 aromatic carbocycles. The quantitative estimate of drug-likeness (QED) is 0.326. The summed E-state index contributed by atoms with van der Waals surface area (Å²) in [6.07, 6.45) is 4.94. The second kappa shape index (κ2) is 6.76. The average Bonchev–Trinajstić information content (AvgIpc) is 1.81. The van der Waals surface area contributed by atoms with E-state index in [0.29, 0.717) is 5.75 Å². The average molecular weight is 130 g/mol. The molecule has 2 heteroatoms. The van der Waals surface area contributed by atoms with Gasteiger partial charge in [0.05, 0.1) is 0 Å². The van der Waals surface area contributed by atoms with Crippen LogP contribution in [0.2, 0.25) is 0 Å². The highest BCUT2D eigenvalue weighted by molar-refractivity contribution is 7.99. The van der Waals surface area contributed by atoms with E-state index in [2.05, 4.69) is 0 Å². The number of hydrogen-bond donors (Lipinski definition) is 0. The molecule has 0 aromatic rings. The van der Waals surface area contributed by atoms with Crippen LogP contribution in [-0.2, 0) is 4.79 Å². The molecule has 0 radical (unpaired) electrons. The van der Waals surface area contributed by atoms with Crippen LogP contribution in [0.5, 0.6) is 0 Å². The molecule has 0 rings (SSSR count). The maximum absolute atomic E-state index is 9.72. The fourth-order valence-corrected chi connectivity index (χ4v) is 0.841. The zero-order chi connectivity index (χ0) is 6.24. The van der Waals surface area contributed by atoms with Crippen molar-refractivity contribution >= 4 is 18.0 Å². The summed E-state index contributed by atoms with van der Waals surface area (Å²) in [5, 5.41) is 0. The van der Waals surface area contributed by atoms with Crippen molar-refractivity contribution < 1.29 is 4.79 Å². The van der Waals surface area contributed by atoms with E-state index >= 15 is 0 Å². The second-order valence-corrected chi connectivity index (χ2v) is 2.35. The molecule has 0 spiro atoms. The van der Waals surface area contributed by atoms with Crippen molar-refractivity contribution in [1.29, 1.82) is 0 Å². The van der Waals surface area contributed by atoms with Gasteiger partial charge in [0.25, 0.3) is 0 Å². The van der Waals surface area contributed by atoms with E-state index in [0.717, 1.165) is 12.0 Å². The van der Waals surface area contributed by atoms with E-state index in [4.69, 9.17) is 0 Å². The zero-order valence-corrected chi connectivity index (χ0v) is 5.78. The molecule has 0 bridgehead atoms. The first-order chi connectivity index (χ1) is 3.91. The smallest absolute Gasteiger partial charge is 0.129 e. The van der Waals surface area contributed by atoms with Crippen molar-refractivity contribution in [2.24, 2.45) is 0 Å². The molecule has 46 valence electrons. The maximum Gasteiger partial charge on any atom is 0.129 e. The summed E-state index contributed by atoms with van der Waals surface area (Å²) in [5.74, 6) is 1.57. The fourth-order valence-electron chi connectivity index (χ4n) is 0.280. The van der Waals surface area contributed by atoms with Gasteiger partial charge in [-0.25, -0.2) is 0 Å². The molecule has 0 aliphatic rings. The van der Waals surface area contributed by atoms with E-state index in [1.807, 2.05) is 19.1 Å². The van der Waals surface area contributed by atoms with Gasteiger partial charge in [0.15, 0.2) is 0 Å². The Balaban J connectivity index is 2.82. The molecule has 0 heterocycles. The molecule has 0 aromatic heterocycles. The van der Waals surface area contributed by atoms with Gasteiger partial charge in [0, 0.05) is 11.5 Å². The number of aldehydes is 1. The molecule has 0 atom stereocenters. The highest BCUT2D eigenvalue weighted by atomic mass is 32.2. The predicted molar refractivity (Wildman–Crippen MR) is 38.2 cm³/mol. The van der Waals surface area contributed by atoms with Crippen molar-refractivity contribution in [2.75, 3.05) is 11.5 Å². The van der Waals surface area contributed by atoms with E-state index in [9.17, 15) is 4.79 Å². The summed E-state index contributed by atoms with van der Waals surface area (Å²) in [6, 6.07) is 0. The Bertz CT molecular complexity index is 78.6. The van der Waals surface area contributed by atoms with Crippen molar-refractivity contribution in [3.63, 3.8) is 0 Å². The van der Waals surface area contributed by atoms with E-state index in [1.165, 1.54) is 0 Å². The molecule has 0 unspecified atom stereocenters. The Morgan fingerprint density at radius 2 is 2.25 bits per heavy atom. The van der Waals surface area contributed by atoms with E-state index < -0.39 is 0 Å². The van der Waals surface area contributed by atoms with Crippen molar-refractivity contribution in [3.8, 4) is 0 Å².